The van der Waals surface area contributed by atoms with Crippen molar-refractivity contribution in [1.82, 2.24) is 10.2 Å². The van der Waals surface area contributed by atoms with Gasteiger partial charge < -0.3 is 16.0 Å². The summed E-state index contributed by atoms with van der Waals surface area (Å²) in [5, 5.41) is 2.79. The molecule has 1 aliphatic heterocycles. The Kier molecular flexibility index (Phi) is 6.36. The van der Waals surface area contributed by atoms with Crippen molar-refractivity contribution in [1.29, 1.82) is 0 Å². The van der Waals surface area contributed by atoms with E-state index < -0.39 is 0 Å². The fourth-order valence-electron chi connectivity index (χ4n) is 1.97. The Morgan fingerprint density at radius 2 is 2.29 bits per heavy atom. The number of thioether (sulfide) groups is 1. The second-order valence-electron chi connectivity index (χ2n) is 4.19. The van der Waals surface area contributed by atoms with Gasteiger partial charge in [0, 0.05) is 26.2 Å². The molecule has 0 radical (unpaired) electrons. The monoisotopic (exact) mass is 259 g/mol. The van der Waals surface area contributed by atoms with E-state index in [0.29, 0.717) is 25.4 Å². The molecule has 2 amide bonds. The Morgan fingerprint density at radius 3 is 2.94 bits per heavy atom. The molecule has 1 unspecified atom stereocenters. The Labute approximate surface area is 106 Å². The van der Waals surface area contributed by atoms with Crippen LogP contribution < -0.4 is 11.1 Å². The second kappa shape index (κ2) is 7.55. The Morgan fingerprint density at radius 1 is 1.53 bits per heavy atom. The highest BCUT2D eigenvalue weighted by atomic mass is 32.2. The molecule has 6 heteroatoms. The molecule has 0 saturated carbocycles. The summed E-state index contributed by atoms with van der Waals surface area (Å²) < 4.78 is 0. The van der Waals surface area contributed by atoms with Crippen LogP contribution in [0.15, 0.2) is 0 Å². The first kappa shape index (κ1) is 14.3. The lowest BCUT2D eigenvalue weighted by Crippen LogP contribution is -2.46. The predicted molar refractivity (Wildman–Crippen MR) is 69.8 cm³/mol. The molecule has 0 aliphatic carbocycles. The minimum absolute atomic E-state index is 0.0251. The highest BCUT2D eigenvalue weighted by Gasteiger charge is 2.27. The van der Waals surface area contributed by atoms with E-state index >= 15 is 0 Å². The molecule has 3 N–H and O–H groups in total. The molecular formula is C11H21N3O2S. The van der Waals surface area contributed by atoms with Gasteiger partial charge in [0.1, 0.15) is 0 Å². The first-order chi connectivity index (χ1) is 8.19. The highest BCUT2D eigenvalue weighted by molar-refractivity contribution is 7.99. The number of rotatable bonds is 5. The van der Waals surface area contributed by atoms with Crippen molar-refractivity contribution in [3.8, 4) is 0 Å². The number of hydrogen-bond acceptors (Lipinski definition) is 4. The van der Waals surface area contributed by atoms with Crippen LogP contribution in [0.25, 0.3) is 0 Å². The standard InChI is InChI=1S/C11H21N3O2S/c1-17-8-10(15)14-6-2-3-9(7-14)11(16)13-5-4-12/h9H,2-8,12H2,1H3,(H,13,16). The number of nitrogens with one attached hydrogen (secondary N) is 1. The van der Waals surface area contributed by atoms with Crippen LogP contribution in [-0.4, -0.2) is 54.9 Å². The van der Waals surface area contributed by atoms with E-state index in [-0.39, 0.29) is 17.7 Å². The quantitative estimate of drug-likeness (QED) is 0.708. The Hall–Kier alpha value is -0.750. The van der Waals surface area contributed by atoms with Gasteiger partial charge in [-0.15, -0.1) is 0 Å². The van der Waals surface area contributed by atoms with Crippen molar-refractivity contribution >= 4 is 23.6 Å². The number of nitrogens with zero attached hydrogens (tertiary/aromatic N) is 1. The van der Waals surface area contributed by atoms with Crippen molar-refractivity contribution in [2.75, 3.05) is 38.2 Å². The smallest absolute Gasteiger partial charge is 0.232 e. The molecule has 0 spiro atoms. The summed E-state index contributed by atoms with van der Waals surface area (Å²) in [5.41, 5.74) is 5.34. The normalized spacial score (nSPS) is 20.1. The molecule has 1 heterocycles. The maximum Gasteiger partial charge on any atom is 0.232 e. The fourth-order valence-corrected chi connectivity index (χ4v) is 2.40. The first-order valence-electron chi connectivity index (χ1n) is 5.93. The third kappa shape index (κ3) is 4.55. The molecule has 5 nitrogen and oxygen atoms in total. The van der Waals surface area contributed by atoms with Crippen LogP contribution in [0.2, 0.25) is 0 Å². The van der Waals surface area contributed by atoms with Gasteiger partial charge in [-0.3, -0.25) is 9.59 Å². The molecule has 98 valence electrons. The van der Waals surface area contributed by atoms with E-state index in [4.69, 9.17) is 5.73 Å². The first-order valence-corrected chi connectivity index (χ1v) is 7.33. The molecule has 1 atom stereocenters. The Bertz CT molecular complexity index is 273. The van der Waals surface area contributed by atoms with Gasteiger partial charge in [-0.05, 0) is 19.1 Å². The molecule has 1 fully saturated rings. The molecule has 0 aromatic rings. The summed E-state index contributed by atoms with van der Waals surface area (Å²) in [4.78, 5) is 25.3. The van der Waals surface area contributed by atoms with Crippen LogP contribution in [-0.2, 0) is 9.59 Å². The van der Waals surface area contributed by atoms with E-state index in [1.807, 2.05) is 6.26 Å². The van der Waals surface area contributed by atoms with Gasteiger partial charge in [0.05, 0.1) is 11.7 Å². The average molecular weight is 259 g/mol. The predicted octanol–water partition coefficient (Wildman–Crippen LogP) is -0.337. The number of nitrogens with two attached hydrogens (primary N) is 1. The number of piperidine rings is 1. The molecule has 0 aromatic heterocycles. The second-order valence-corrected chi connectivity index (χ2v) is 5.06. The molecule has 17 heavy (non-hydrogen) atoms. The van der Waals surface area contributed by atoms with Gasteiger partial charge in [0.2, 0.25) is 11.8 Å². The zero-order valence-corrected chi connectivity index (χ0v) is 11.1. The van der Waals surface area contributed by atoms with E-state index in [0.717, 1.165) is 19.4 Å². The van der Waals surface area contributed by atoms with E-state index in [2.05, 4.69) is 5.32 Å². The number of carbonyl (C=O) groups excluding carboxylic acids is 2. The summed E-state index contributed by atoms with van der Waals surface area (Å²) in [6, 6.07) is 0. The lowest BCUT2D eigenvalue weighted by atomic mass is 9.97. The molecule has 1 saturated heterocycles. The van der Waals surface area contributed by atoms with Crippen LogP contribution in [0.3, 0.4) is 0 Å². The van der Waals surface area contributed by atoms with E-state index in [9.17, 15) is 9.59 Å². The average Bonchev–Trinajstić information content (AvgIpc) is 2.36. The topological polar surface area (TPSA) is 75.4 Å². The van der Waals surface area contributed by atoms with Gasteiger partial charge in [0.25, 0.3) is 0 Å². The van der Waals surface area contributed by atoms with Crippen LogP contribution >= 0.6 is 11.8 Å². The van der Waals surface area contributed by atoms with Gasteiger partial charge in [-0.2, -0.15) is 11.8 Å². The SMILES string of the molecule is CSCC(=O)N1CCCC(C(=O)NCCN)C1. The number of likely N-dealkylation sites (tertiary alicyclic amines) is 1. The molecule has 0 aromatic carbocycles. The van der Waals surface area contributed by atoms with E-state index in [1.54, 1.807) is 4.90 Å². The highest BCUT2D eigenvalue weighted by Crippen LogP contribution is 2.17. The third-order valence-electron chi connectivity index (χ3n) is 2.86. The number of hydrogen-bond donors (Lipinski definition) is 2. The third-order valence-corrected chi connectivity index (χ3v) is 3.39. The van der Waals surface area contributed by atoms with Crippen molar-refractivity contribution < 1.29 is 9.59 Å². The molecule has 0 bridgehead atoms. The van der Waals surface area contributed by atoms with Gasteiger partial charge in [-0.1, -0.05) is 0 Å². The summed E-state index contributed by atoms with van der Waals surface area (Å²) in [5.74, 6) is 0.587. The summed E-state index contributed by atoms with van der Waals surface area (Å²) in [6.07, 6.45) is 3.67. The van der Waals surface area contributed by atoms with Crippen LogP contribution in [0, 0.1) is 5.92 Å². The Balaban J connectivity index is 2.42. The maximum atomic E-state index is 11.8. The minimum Gasteiger partial charge on any atom is -0.355 e. The fraction of sp³-hybridized carbons (Fsp3) is 0.818. The zero-order chi connectivity index (χ0) is 12.7. The van der Waals surface area contributed by atoms with Crippen LogP contribution in [0.1, 0.15) is 12.8 Å². The zero-order valence-electron chi connectivity index (χ0n) is 10.3. The van der Waals surface area contributed by atoms with Crippen LogP contribution in [0.4, 0.5) is 0 Å². The minimum atomic E-state index is -0.0684. The lowest BCUT2D eigenvalue weighted by molar-refractivity contribution is -0.133. The van der Waals surface area contributed by atoms with Crippen molar-refractivity contribution in [3.05, 3.63) is 0 Å². The van der Waals surface area contributed by atoms with Gasteiger partial charge in [0.15, 0.2) is 0 Å². The largest absolute Gasteiger partial charge is 0.355 e. The van der Waals surface area contributed by atoms with Crippen molar-refractivity contribution in [3.63, 3.8) is 0 Å². The van der Waals surface area contributed by atoms with E-state index in [1.165, 1.54) is 11.8 Å². The number of carbonyl (C=O) groups is 2. The molecular weight excluding hydrogens is 238 g/mol. The summed E-state index contributed by atoms with van der Waals surface area (Å²) in [7, 11) is 0. The van der Waals surface area contributed by atoms with Crippen molar-refractivity contribution in [2.24, 2.45) is 11.7 Å². The number of amides is 2. The van der Waals surface area contributed by atoms with Gasteiger partial charge in [-0.25, -0.2) is 0 Å². The lowest BCUT2D eigenvalue weighted by Gasteiger charge is -2.32. The van der Waals surface area contributed by atoms with Gasteiger partial charge >= 0.3 is 0 Å². The summed E-state index contributed by atoms with van der Waals surface area (Å²) >= 11 is 1.52. The van der Waals surface area contributed by atoms with Crippen LogP contribution in [0.5, 0.6) is 0 Å². The molecule has 1 aliphatic rings. The summed E-state index contributed by atoms with van der Waals surface area (Å²) in [6.45, 7) is 2.29. The van der Waals surface area contributed by atoms with Crippen molar-refractivity contribution in [2.45, 2.75) is 12.8 Å². The maximum absolute atomic E-state index is 11.8. The molecule has 1 rings (SSSR count).